The molecule has 0 bridgehead atoms. The Morgan fingerprint density at radius 1 is 1.36 bits per heavy atom. The summed E-state index contributed by atoms with van der Waals surface area (Å²) in [5.74, 6) is 0. The van der Waals surface area contributed by atoms with Crippen LogP contribution in [0.5, 0.6) is 0 Å². The van der Waals surface area contributed by atoms with Crippen LogP contribution >= 0.6 is 0 Å². The molecule has 0 unspecified atom stereocenters. The van der Waals surface area contributed by atoms with Crippen molar-refractivity contribution in [2.45, 2.75) is 18.2 Å². The van der Waals surface area contributed by atoms with Crippen molar-refractivity contribution in [1.29, 1.82) is 0 Å². The molecule has 2 saturated heterocycles. The van der Waals surface area contributed by atoms with Crippen molar-refractivity contribution in [2.75, 3.05) is 26.3 Å². The van der Waals surface area contributed by atoms with E-state index in [0.29, 0.717) is 19.3 Å². The number of rotatable bonds is 2. The maximum atomic E-state index is 9.35. The minimum absolute atomic E-state index is 0.155. The third kappa shape index (κ3) is 1.54. The predicted octanol–water partition coefficient (Wildman–Crippen LogP) is -1.69. The van der Waals surface area contributed by atoms with Crippen molar-refractivity contribution < 1.29 is 9.84 Å². The summed E-state index contributed by atoms with van der Waals surface area (Å²) in [5.41, 5.74) is 0. The first-order valence-electron chi connectivity index (χ1n) is 4.09. The maximum absolute atomic E-state index is 9.35. The second-order valence-electron chi connectivity index (χ2n) is 3.23. The fourth-order valence-electron chi connectivity index (χ4n) is 1.41. The average Bonchev–Trinajstić information content (AvgIpc) is 2.27. The molecule has 0 aromatic rings. The molecular formula is C7H14N2O2. The summed E-state index contributed by atoms with van der Waals surface area (Å²) in [6.45, 7) is 3.17. The summed E-state index contributed by atoms with van der Waals surface area (Å²) in [6.07, 6.45) is -0.310. The van der Waals surface area contributed by atoms with Crippen LogP contribution in [0.3, 0.4) is 0 Å². The topological polar surface area (TPSA) is 53.5 Å². The highest BCUT2D eigenvalue weighted by Gasteiger charge is 2.29. The van der Waals surface area contributed by atoms with Crippen molar-refractivity contribution in [2.24, 2.45) is 0 Å². The Hall–Kier alpha value is -0.160. The first-order valence-corrected chi connectivity index (χ1v) is 4.09. The molecule has 11 heavy (non-hydrogen) atoms. The molecule has 0 spiro atoms. The van der Waals surface area contributed by atoms with E-state index in [9.17, 15) is 5.11 Å². The zero-order valence-electron chi connectivity index (χ0n) is 6.42. The summed E-state index contributed by atoms with van der Waals surface area (Å²) >= 11 is 0. The first-order chi connectivity index (χ1) is 5.36. The van der Waals surface area contributed by atoms with Crippen LogP contribution in [0.15, 0.2) is 0 Å². The van der Waals surface area contributed by atoms with E-state index in [1.54, 1.807) is 0 Å². The smallest absolute Gasteiger partial charge is 0.0948 e. The van der Waals surface area contributed by atoms with Gasteiger partial charge in [0.05, 0.1) is 25.4 Å². The Bertz CT molecular complexity index is 138. The molecule has 4 nitrogen and oxygen atoms in total. The molecule has 2 atom stereocenters. The zero-order valence-corrected chi connectivity index (χ0v) is 6.42. The minimum Gasteiger partial charge on any atom is -0.389 e. The van der Waals surface area contributed by atoms with Gasteiger partial charge in [-0.1, -0.05) is 0 Å². The summed E-state index contributed by atoms with van der Waals surface area (Å²) in [7, 11) is 0. The zero-order chi connectivity index (χ0) is 7.68. The number of aliphatic hydroxyl groups excluding tert-OH is 1. The third-order valence-corrected chi connectivity index (χ3v) is 2.28. The van der Waals surface area contributed by atoms with Gasteiger partial charge in [0.15, 0.2) is 0 Å². The summed E-state index contributed by atoms with van der Waals surface area (Å²) < 4.78 is 5.11. The van der Waals surface area contributed by atoms with Crippen molar-refractivity contribution >= 4 is 0 Å². The van der Waals surface area contributed by atoms with E-state index in [-0.39, 0.29) is 12.1 Å². The highest BCUT2D eigenvalue weighted by Crippen LogP contribution is 2.06. The van der Waals surface area contributed by atoms with E-state index in [0.717, 1.165) is 13.1 Å². The molecule has 3 N–H and O–H groups in total. The molecule has 4 heteroatoms. The van der Waals surface area contributed by atoms with Gasteiger partial charge >= 0.3 is 0 Å². The molecule has 64 valence electrons. The summed E-state index contributed by atoms with van der Waals surface area (Å²) in [4.78, 5) is 0. The second kappa shape index (κ2) is 3.06. The average molecular weight is 158 g/mol. The monoisotopic (exact) mass is 158 g/mol. The summed E-state index contributed by atoms with van der Waals surface area (Å²) in [6, 6.07) is 0.693. The van der Waals surface area contributed by atoms with E-state index >= 15 is 0 Å². The van der Waals surface area contributed by atoms with Crippen LogP contribution in [0, 0.1) is 0 Å². The number of nitrogens with one attached hydrogen (secondary N) is 2. The standard InChI is InChI=1S/C7H14N2O2/c10-7-4-11-3-6(7)9-5-1-8-2-5/h5-10H,1-4H2/t6-,7-/m1/s1. The molecule has 0 amide bonds. The molecule has 2 heterocycles. The molecule has 2 fully saturated rings. The second-order valence-corrected chi connectivity index (χ2v) is 3.23. The van der Waals surface area contributed by atoms with Gasteiger partial charge in [-0.3, -0.25) is 0 Å². The van der Waals surface area contributed by atoms with E-state index in [2.05, 4.69) is 10.6 Å². The fourth-order valence-corrected chi connectivity index (χ4v) is 1.41. The highest BCUT2D eigenvalue weighted by atomic mass is 16.5. The van der Waals surface area contributed by atoms with Crippen LogP contribution < -0.4 is 10.6 Å². The molecule has 0 aliphatic carbocycles. The van der Waals surface area contributed by atoms with E-state index in [1.165, 1.54) is 0 Å². The molecule has 2 aliphatic heterocycles. The van der Waals surface area contributed by atoms with Gasteiger partial charge in [0.2, 0.25) is 0 Å². The van der Waals surface area contributed by atoms with Gasteiger partial charge in [0.25, 0.3) is 0 Å². The van der Waals surface area contributed by atoms with Gasteiger partial charge in [0.1, 0.15) is 0 Å². The SMILES string of the molecule is O[C@@H]1COC[C@H]1NC1CNC1. The van der Waals surface area contributed by atoms with E-state index < -0.39 is 0 Å². The fraction of sp³-hybridized carbons (Fsp3) is 1.00. The molecule has 2 aliphatic rings. The lowest BCUT2D eigenvalue weighted by atomic mass is 10.1. The largest absolute Gasteiger partial charge is 0.389 e. The first kappa shape index (κ1) is 7.49. The van der Waals surface area contributed by atoms with Crippen LogP contribution in [0.1, 0.15) is 0 Å². The van der Waals surface area contributed by atoms with Crippen LogP contribution in [-0.4, -0.2) is 49.6 Å². The van der Waals surface area contributed by atoms with Gasteiger partial charge < -0.3 is 20.5 Å². The quantitative estimate of drug-likeness (QED) is 0.449. The molecule has 0 aromatic heterocycles. The Balaban J connectivity index is 1.75. The molecule has 2 rings (SSSR count). The van der Waals surface area contributed by atoms with Crippen molar-refractivity contribution in [3.05, 3.63) is 0 Å². The lowest BCUT2D eigenvalue weighted by Crippen LogP contribution is -2.59. The lowest BCUT2D eigenvalue weighted by molar-refractivity contribution is 0.120. The number of aliphatic hydroxyl groups is 1. The molecule has 0 radical (unpaired) electrons. The van der Waals surface area contributed by atoms with Crippen molar-refractivity contribution in [3.8, 4) is 0 Å². The van der Waals surface area contributed by atoms with Gasteiger partial charge in [-0.25, -0.2) is 0 Å². The molecule has 0 aromatic carbocycles. The Morgan fingerprint density at radius 2 is 2.18 bits per heavy atom. The predicted molar refractivity (Wildman–Crippen MR) is 40.4 cm³/mol. The van der Waals surface area contributed by atoms with Crippen LogP contribution in [-0.2, 0) is 4.74 Å². The van der Waals surface area contributed by atoms with Crippen molar-refractivity contribution in [3.63, 3.8) is 0 Å². The normalized spacial score (nSPS) is 39.0. The molecular weight excluding hydrogens is 144 g/mol. The van der Waals surface area contributed by atoms with E-state index in [4.69, 9.17) is 4.74 Å². The Morgan fingerprint density at radius 3 is 2.64 bits per heavy atom. The Kier molecular flexibility index (Phi) is 2.09. The number of hydrogen-bond donors (Lipinski definition) is 3. The highest BCUT2D eigenvalue weighted by molar-refractivity contribution is 4.89. The molecule has 0 saturated carbocycles. The van der Waals surface area contributed by atoms with Gasteiger partial charge in [-0.15, -0.1) is 0 Å². The number of ether oxygens (including phenoxy) is 1. The lowest BCUT2D eigenvalue weighted by Gasteiger charge is -2.31. The van der Waals surface area contributed by atoms with Crippen LogP contribution in [0.2, 0.25) is 0 Å². The van der Waals surface area contributed by atoms with Gasteiger partial charge in [-0.2, -0.15) is 0 Å². The van der Waals surface area contributed by atoms with Gasteiger partial charge in [-0.05, 0) is 0 Å². The summed E-state index contributed by atoms with van der Waals surface area (Å²) in [5, 5.41) is 15.8. The van der Waals surface area contributed by atoms with Crippen LogP contribution in [0.4, 0.5) is 0 Å². The van der Waals surface area contributed by atoms with Crippen molar-refractivity contribution in [1.82, 2.24) is 10.6 Å². The minimum atomic E-state index is -0.310. The number of hydrogen-bond acceptors (Lipinski definition) is 4. The van der Waals surface area contributed by atoms with E-state index in [1.807, 2.05) is 0 Å². The van der Waals surface area contributed by atoms with Crippen LogP contribution in [0.25, 0.3) is 0 Å². The maximum Gasteiger partial charge on any atom is 0.0948 e. The Labute approximate surface area is 65.9 Å². The van der Waals surface area contributed by atoms with Gasteiger partial charge in [0, 0.05) is 19.1 Å². The third-order valence-electron chi connectivity index (χ3n) is 2.28.